The van der Waals surface area contributed by atoms with Crippen molar-refractivity contribution in [2.45, 2.75) is 44.3 Å². The fourth-order valence-electron chi connectivity index (χ4n) is 4.98. The molecule has 0 radical (unpaired) electrons. The molecule has 2 aromatic carbocycles. The maximum absolute atomic E-state index is 6.19. The lowest BCUT2D eigenvalue weighted by Crippen LogP contribution is -2.48. The summed E-state index contributed by atoms with van der Waals surface area (Å²) in [6, 6.07) is 19.4. The summed E-state index contributed by atoms with van der Waals surface area (Å²) < 4.78 is 2.10. The highest BCUT2D eigenvalue weighted by Gasteiger charge is 2.33. The SMILES string of the molecule is Clc1ccc([C@H](c2nnnn2C2CCCC2)N2CCN(Cc3ccccc3)CC2)cc1. The van der Waals surface area contributed by atoms with E-state index in [9.17, 15) is 0 Å². The Hall–Kier alpha value is -2.28. The molecule has 1 saturated carbocycles. The number of halogens is 1. The maximum atomic E-state index is 6.19. The third-order valence-electron chi connectivity index (χ3n) is 6.64. The molecule has 0 bridgehead atoms. The molecule has 1 aliphatic heterocycles. The van der Waals surface area contributed by atoms with Crippen molar-refractivity contribution < 1.29 is 0 Å². The largest absolute Gasteiger partial charge is 0.297 e. The van der Waals surface area contributed by atoms with E-state index in [0.717, 1.165) is 56.4 Å². The van der Waals surface area contributed by atoms with E-state index in [-0.39, 0.29) is 6.04 Å². The zero-order chi connectivity index (χ0) is 21.0. The van der Waals surface area contributed by atoms with Crippen LogP contribution in [0.1, 0.15) is 54.7 Å². The molecule has 0 unspecified atom stereocenters. The minimum absolute atomic E-state index is 0.0479. The van der Waals surface area contributed by atoms with Gasteiger partial charge in [-0.05, 0) is 46.5 Å². The van der Waals surface area contributed by atoms with E-state index in [0.29, 0.717) is 6.04 Å². The first-order chi connectivity index (χ1) is 15.3. The molecular formula is C24H29ClN6. The van der Waals surface area contributed by atoms with E-state index < -0.39 is 0 Å². The standard InChI is InChI=1S/C24H29ClN6/c25-21-12-10-20(11-13-21)23(24-26-27-28-31(24)22-8-4-5-9-22)30-16-14-29(15-17-30)18-19-6-2-1-3-7-19/h1-3,6-7,10-13,22-23H,4-5,8-9,14-18H2/t23-/m1/s1. The number of hydrogen-bond donors (Lipinski definition) is 0. The van der Waals surface area contributed by atoms with Crippen LogP contribution >= 0.6 is 11.6 Å². The van der Waals surface area contributed by atoms with Gasteiger partial charge in [0.15, 0.2) is 5.82 Å². The summed E-state index contributed by atoms with van der Waals surface area (Å²) in [5.41, 5.74) is 2.57. The maximum Gasteiger partial charge on any atom is 0.173 e. The molecule has 162 valence electrons. The summed E-state index contributed by atoms with van der Waals surface area (Å²) in [5.74, 6) is 0.964. The predicted octanol–water partition coefficient (Wildman–Crippen LogP) is 4.35. The molecule has 2 fully saturated rings. The Balaban J connectivity index is 1.37. The van der Waals surface area contributed by atoms with Crippen LogP contribution in [-0.2, 0) is 6.54 Å². The first kappa shape index (κ1) is 20.6. The Labute approximate surface area is 188 Å². The number of benzene rings is 2. The molecule has 3 aromatic rings. The van der Waals surface area contributed by atoms with Crippen molar-refractivity contribution in [3.05, 3.63) is 76.6 Å². The van der Waals surface area contributed by atoms with Crippen LogP contribution in [0.2, 0.25) is 5.02 Å². The smallest absolute Gasteiger partial charge is 0.173 e. The van der Waals surface area contributed by atoms with Gasteiger partial charge in [-0.1, -0.05) is 66.9 Å². The molecule has 5 rings (SSSR count). The van der Waals surface area contributed by atoms with Gasteiger partial charge in [0, 0.05) is 37.7 Å². The van der Waals surface area contributed by atoms with Gasteiger partial charge >= 0.3 is 0 Å². The van der Waals surface area contributed by atoms with Crippen molar-refractivity contribution in [3.8, 4) is 0 Å². The number of rotatable bonds is 6. The Morgan fingerprint density at radius 2 is 1.61 bits per heavy atom. The van der Waals surface area contributed by atoms with E-state index in [1.807, 2.05) is 12.1 Å². The lowest BCUT2D eigenvalue weighted by Gasteiger charge is -2.39. The van der Waals surface area contributed by atoms with Gasteiger partial charge in [0.05, 0.1) is 12.1 Å². The zero-order valence-electron chi connectivity index (χ0n) is 17.8. The molecule has 1 atom stereocenters. The van der Waals surface area contributed by atoms with Gasteiger partial charge in [-0.15, -0.1) is 5.10 Å². The number of nitrogens with zero attached hydrogens (tertiary/aromatic N) is 6. The molecule has 0 spiro atoms. The van der Waals surface area contributed by atoms with Crippen molar-refractivity contribution in [2.24, 2.45) is 0 Å². The van der Waals surface area contributed by atoms with Crippen LogP contribution in [0.5, 0.6) is 0 Å². The summed E-state index contributed by atoms with van der Waals surface area (Å²) >= 11 is 6.19. The van der Waals surface area contributed by atoms with E-state index in [1.54, 1.807) is 0 Å². The number of aromatic nitrogens is 4. The van der Waals surface area contributed by atoms with Crippen LogP contribution in [0.15, 0.2) is 54.6 Å². The predicted molar refractivity (Wildman–Crippen MR) is 122 cm³/mol. The van der Waals surface area contributed by atoms with Crippen LogP contribution in [0.25, 0.3) is 0 Å². The van der Waals surface area contributed by atoms with Gasteiger partial charge in [0.1, 0.15) is 0 Å². The molecule has 31 heavy (non-hydrogen) atoms. The van der Waals surface area contributed by atoms with Crippen LogP contribution < -0.4 is 0 Å². The number of hydrogen-bond acceptors (Lipinski definition) is 5. The average Bonchev–Trinajstić information content (AvgIpc) is 3.49. The summed E-state index contributed by atoms with van der Waals surface area (Å²) in [4.78, 5) is 5.06. The van der Waals surface area contributed by atoms with Crippen LogP contribution in [0.4, 0.5) is 0 Å². The minimum atomic E-state index is 0.0479. The molecular weight excluding hydrogens is 408 g/mol. The molecule has 7 heteroatoms. The second-order valence-electron chi connectivity index (χ2n) is 8.67. The van der Waals surface area contributed by atoms with Gasteiger partial charge in [-0.2, -0.15) is 0 Å². The van der Waals surface area contributed by atoms with Crippen molar-refractivity contribution in [3.63, 3.8) is 0 Å². The van der Waals surface area contributed by atoms with Crippen molar-refractivity contribution in [1.82, 2.24) is 30.0 Å². The summed E-state index contributed by atoms with van der Waals surface area (Å²) in [6.45, 7) is 5.03. The number of tetrazole rings is 1. The van der Waals surface area contributed by atoms with Crippen LogP contribution in [0, 0.1) is 0 Å². The van der Waals surface area contributed by atoms with Gasteiger partial charge < -0.3 is 0 Å². The topological polar surface area (TPSA) is 50.1 Å². The van der Waals surface area contributed by atoms with Crippen molar-refractivity contribution in [1.29, 1.82) is 0 Å². The highest BCUT2D eigenvalue weighted by Crippen LogP contribution is 2.34. The molecule has 1 aromatic heterocycles. The third-order valence-corrected chi connectivity index (χ3v) is 6.89. The third kappa shape index (κ3) is 4.66. The first-order valence-corrected chi connectivity index (χ1v) is 11.7. The van der Waals surface area contributed by atoms with E-state index >= 15 is 0 Å². The Morgan fingerprint density at radius 1 is 0.903 bits per heavy atom. The molecule has 2 heterocycles. The summed E-state index contributed by atoms with van der Waals surface area (Å²) in [5, 5.41) is 13.8. The molecule has 1 aliphatic carbocycles. The summed E-state index contributed by atoms with van der Waals surface area (Å²) in [7, 11) is 0. The summed E-state index contributed by atoms with van der Waals surface area (Å²) in [6.07, 6.45) is 4.84. The van der Waals surface area contributed by atoms with Gasteiger partial charge in [0.2, 0.25) is 0 Å². The molecule has 0 N–H and O–H groups in total. The van der Waals surface area contributed by atoms with E-state index in [2.05, 4.69) is 72.5 Å². The fourth-order valence-corrected chi connectivity index (χ4v) is 5.10. The Bertz CT molecular complexity index is 959. The molecule has 2 aliphatic rings. The lowest BCUT2D eigenvalue weighted by molar-refractivity contribution is 0.0993. The zero-order valence-corrected chi connectivity index (χ0v) is 18.5. The molecule has 6 nitrogen and oxygen atoms in total. The van der Waals surface area contributed by atoms with E-state index in [4.69, 9.17) is 11.6 Å². The fraction of sp³-hybridized carbons (Fsp3) is 0.458. The monoisotopic (exact) mass is 436 g/mol. The second-order valence-corrected chi connectivity index (χ2v) is 9.11. The lowest BCUT2D eigenvalue weighted by atomic mass is 10.0. The Morgan fingerprint density at radius 3 is 2.32 bits per heavy atom. The second kappa shape index (κ2) is 9.47. The average molecular weight is 437 g/mol. The van der Waals surface area contributed by atoms with Gasteiger partial charge in [-0.3, -0.25) is 9.80 Å². The van der Waals surface area contributed by atoms with Crippen LogP contribution in [0.3, 0.4) is 0 Å². The van der Waals surface area contributed by atoms with Crippen LogP contribution in [-0.4, -0.2) is 56.2 Å². The normalized spacial score (nSPS) is 19.6. The molecule has 1 saturated heterocycles. The van der Waals surface area contributed by atoms with Crippen molar-refractivity contribution >= 4 is 11.6 Å². The van der Waals surface area contributed by atoms with E-state index in [1.165, 1.54) is 24.0 Å². The highest BCUT2D eigenvalue weighted by molar-refractivity contribution is 6.30. The number of piperazine rings is 1. The van der Waals surface area contributed by atoms with Gasteiger partial charge in [-0.25, -0.2) is 4.68 Å². The molecule has 0 amide bonds. The quantitative estimate of drug-likeness (QED) is 0.575. The van der Waals surface area contributed by atoms with Crippen molar-refractivity contribution in [2.75, 3.05) is 26.2 Å². The first-order valence-electron chi connectivity index (χ1n) is 11.3. The highest BCUT2D eigenvalue weighted by atomic mass is 35.5. The Kier molecular flexibility index (Phi) is 6.30. The minimum Gasteiger partial charge on any atom is -0.297 e. The van der Waals surface area contributed by atoms with Gasteiger partial charge in [0.25, 0.3) is 0 Å².